The average molecular weight is 266 g/mol. The molecule has 1 aromatic heterocycles. The molecule has 0 saturated carbocycles. The van der Waals surface area contributed by atoms with Crippen molar-refractivity contribution in [3.63, 3.8) is 0 Å². The molecule has 1 atom stereocenters. The number of amides is 2. The molecule has 1 aromatic rings. The number of rotatable bonds is 6. The molecule has 0 aliphatic heterocycles. The van der Waals surface area contributed by atoms with E-state index in [0.717, 1.165) is 6.08 Å². The number of nitrogens with one attached hydrogen (secondary N) is 1. The van der Waals surface area contributed by atoms with E-state index in [1.807, 2.05) is 0 Å². The Hall–Kier alpha value is -2.57. The summed E-state index contributed by atoms with van der Waals surface area (Å²) in [5.74, 6) is -1.62. The molecule has 0 aromatic carbocycles. The molecular weight excluding hydrogens is 252 g/mol. The van der Waals surface area contributed by atoms with Crippen LogP contribution < -0.4 is 11.1 Å². The molecule has 19 heavy (non-hydrogen) atoms. The zero-order valence-electron chi connectivity index (χ0n) is 10.3. The van der Waals surface area contributed by atoms with Crippen molar-refractivity contribution in [2.45, 2.75) is 19.4 Å². The fourth-order valence-electron chi connectivity index (χ4n) is 1.32. The van der Waals surface area contributed by atoms with Gasteiger partial charge in [-0.1, -0.05) is 0 Å². The predicted molar refractivity (Wildman–Crippen MR) is 65.9 cm³/mol. The second-order valence-electron chi connectivity index (χ2n) is 3.85. The standard InChI is InChI=1S/C12H14N2O5/c1-7-2-3-8(19-7)4-5-11(16)14-9(12(17)18)6-10(13)15/h2-5,9H,6H2,1H3,(H2,13,15)(H,14,16)(H,17,18)/b5-4+/t9-/m0/s1. The summed E-state index contributed by atoms with van der Waals surface area (Å²) in [7, 11) is 0. The van der Waals surface area contributed by atoms with Crippen molar-refractivity contribution < 1.29 is 23.9 Å². The van der Waals surface area contributed by atoms with Crippen LogP contribution in [-0.2, 0) is 14.4 Å². The Bertz CT molecular complexity index is 518. The second kappa shape index (κ2) is 6.39. The maximum absolute atomic E-state index is 11.5. The molecule has 0 bridgehead atoms. The van der Waals surface area contributed by atoms with Gasteiger partial charge in [-0.05, 0) is 25.1 Å². The highest BCUT2D eigenvalue weighted by Gasteiger charge is 2.20. The Kier molecular flexibility index (Phi) is 4.87. The average Bonchev–Trinajstić information content (AvgIpc) is 2.71. The Balaban J connectivity index is 2.60. The van der Waals surface area contributed by atoms with Crippen molar-refractivity contribution in [1.29, 1.82) is 0 Å². The van der Waals surface area contributed by atoms with Gasteiger partial charge in [0.05, 0.1) is 6.42 Å². The Morgan fingerprint density at radius 2 is 2.16 bits per heavy atom. The molecule has 1 heterocycles. The minimum absolute atomic E-state index is 0.464. The summed E-state index contributed by atoms with van der Waals surface area (Å²) >= 11 is 0. The number of aliphatic carboxylic acids is 1. The number of furan rings is 1. The third-order valence-corrected chi connectivity index (χ3v) is 2.18. The van der Waals surface area contributed by atoms with Crippen LogP contribution in [-0.4, -0.2) is 28.9 Å². The van der Waals surface area contributed by atoms with Crippen LogP contribution in [0, 0.1) is 6.92 Å². The van der Waals surface area contributed by atoms with Crippen LogP contribution in [0.3, 0.4) is 0 Å². The van der Waals surface area contributed by atoms with E-state index in [-0.39, 0.29) is 0 Å². The van der Waals surface area contributed by atoms with Crippen LogP contribution in [0.4, 0.5) is 0 Å². The molecule has 1 rings (SSSR count). The second-order valence-corrected chi connectivity index (χ2v) is 3.85. The van der Waals surface area contributed by atoms with E-state index in [9.17, 15) is 14.4 Å². The lowest BCUT2D eigenvalue weighted by atomic mass is 10.2. The van der Waals surface area contributed by atoms with Gasteiger partial charge in [-0.15, -0.1) is 0 Å². The highest BCUT2D eigenvalue weighted by molar-refractivity contribution is 5.95. The molecule has 4 N–H and O–H groups in total. The van der Waals surface area contributed by atoms with Gasteiger partial charge in [-0.25, -0.2) is 4.79 Å². The van der Waals surface area contributed by atoms with Gasteiger partial charge in [0, 0.05) is 6.08 Å². The topological polar surface area (TPSA) is 123 Å². The van der Waals surface area contributed by atoms with Crippen LogP contribution >= 0.6 is 0 Å². The Labute approximate surface area is 109 Å². The number of hydrogen-bond donors (Lipinski definition) is 3. The number of hydrogen-bond acceptors (Lipinski definition) is 4. The molecule has 102 valence electrons. The van der Waals surface area contributed by atoms with E-state index in [0.29, 0.717) is 11.5 Å². The predicted octanol–water partition coefficient (Wildman–Crippen LogP) is 0.0460. The molecule has 0 aliphatic rings. The molecule has 0 saturated heterocycles. The van der Waals surface area contributed by atoms with Crippen LogP contribution in [0.5, 0.6) is 0 Å². The minimum Gasteiger partial charge on any atom is -0.480 e. The Morgan fingerprint density at radius 3 is 2.63 bits per heavy atom. The normalized spacial score (nSPS) is 12.3. The van der Waals surface area contributed by atoms with Crippen molar-refractivity contribution in [1.82, 2.24) is 5.32 Å². The van der Waals surface area contributed by atoms with Gasteiger partial charge in [-0.3, -0.25) is 9.59 Å². The van der Waals surface area contributed by atoms with Crippen molar-refractivity contribution in [3.8, 4) is 0 Å². The van der Waals surface area contributed by atoms with Crippen molar-refractivity contribution >= 4 is 23.9 Å². The number of nitrogens with two attached hydrogens (primary N) is 1. The van der Waals surface area contributed by atoms with E-state index in [4.69, 9.17) is 15.3 Å². The lowest BCUT2D eigenvalue weighted by molar-refractivity contribution is -0.142. The first-order chi connectivity index (χ1) is 8.88. The number of carboxylic acids is 1. The highest BCUT2D eigenvalue weighted by atomic mass is 16.4. The number of carboxylic acid groups (broad SMARTS) is 1. The highest BCUT2D eigenvalue weighted by Crippen LogP contribution is 2.07. The van der Waals surface area contributed by atoms with Crippen molar-refractivity contribution in [3.05, 3.63) is 29.7 Å². The fraction of sp³-hybridized carbons (Fsp3) is 0.250. The van der Waals surface area contributed by atoms with Crippen LogP contribution in [0.2, 0.25) is 0 Å². The molecule has 2 amide bonds. The number of aryl methyl sites for hydroxylation is 1. The largest absolute Gasteiger partial charge is 0.480 e. The summed E-state index contributed by atoms with van der Waals surface area (Å²) in [6, 6.07) is 2.05. The maximum Gasteiger partial charge on any atom is 0.326 e. The quantitative estimate of drug-likeness (QED) is 0.627. The van der Waals surface area contributed by atoms with Gasteiger partial charge in [0.15, 0.2) is 0 Å². The summed E-state index contributed by atoms with van der Waals surface area (Å²) in [6.07, 6.45) is 2.05. The summed E-state index contributed by atoms with van der Waals surface area (Å²) < 4.78 is 5.19. The lowest BCUT2D eigenvalue weighted by Crippen LogP contribution is -2.42. The molecular formula is C12H14N2O5. The summed E-state index contributed by atoms with van der Waals surface area (Å²) in [5.41, 5.74) is 4.89. The SMILES string of the molecule is Cc1ccc(/C=C/C(=O)N[C@@H](CC(N)=O)C(=O)O)o1. The van der Waals surface area contributed by atoms with Gasteiger partial charge in [0.2, 0.25) is 11.8 Å². The van der Waals surface area contributed by atoms with E-state index >= 15 is 0 Å². The first kappa shape index (κ1) is 14.5. The minimum atomic E-state index is -1.34. The van der Waals surface area contributed by atoms with Gasteiger partial charge in [-0.2, -0.15) is 0 Å². The van der Waals surface area contributed by atoms with Crippen molar-refractivity contribution in [2.24, 2.45) is 5.73 Å². The van der Waals surface area contributed by atoms with Crippen LogP contribution in [0.25, 0.3) is 6.08 Å². The first-order valence-corrected chi connectivity index (χ1v) is 5.44. The Morgan fingerprint density at radius 1 is 1.47 bits per heavy atom. The smallest absolute Gasteiger partial charge is 0.326 e. The number of carbonyl (C=O) groups is 3. The zero-order valence-corrected chi connectivity index (χ0v) is 10.3. The number of carbonyl (C=O) groups excluding carboxylic acids is 2. The molecule has 0 aliphatic carbocycles. The molecule has 7 heteroatoms. The maximum atomic E-state index is 11.5. The lowest BCUT2D eigenvalue weighted by Gasteiger charge is -2.10. The van der Waals surface area contributed by atoms with Gasteiger partial charge in [0.1, 0.15) is 17.6 Å². The number of primary amides is 1. The summed E-state index contributed by atoms with van der Waals surface area (Å²) in [4.78, 5) is 32.9. The van der Waals surface area contributed by atoms with Crippen LogP contribution in [0.1, 0.15) is 17.9 Å². The van der Waals surface area contributed by atoms with E-state index < -0.39 is 30.2 Å². The third kappa shape index (κ3) is 5.07. The molecule has 0 fully saturated rings. The summed E-state index contributed by atoms with van der Waals surface area (Å²) in [6.45, 7) is 1.75. The first-order valence-electron chi connectivity index (χ1n) is 5.44. The van der Waals surface area contributed by atoms with Crippen molar-refractivity contribution in [2.75, 3.05) is 0 Å². The molecule has 7 nitrogen and oxygen atoms in total. The zero-order chi connectivity index (χ0) is 14.4. The molecule has 0 radical (unpaired) electrons. The van der Waals surface area contributed by atoms with Crippen LogP contribution in [0.15, 0.2) is 22.6 Å². The monoisotopic (exact) mass is 266 g/mol. The third-order valence-electron chi connectivity index (χ3n) is 2.18. The fourth-order valence-corrected chi connectivity index (χ4v) is 1.32. The van der Waals surface area contributed by atoms with Gasteiger partial charge < -0.3 is 20.6 Å². The van der Waals surface area contributed by atoms with Gasteiger partial charge in [0.25, 0.3) is 0 Å². The molecule has 0 unspecified atom stereocenters. The van der Waals surface area contributed by atoms with Gasteiger partial charge >= 0.3 is 5.97 Å². The van der Waals surface area contributed by atoms with E-state index in [1.165, 1.54) is 6.08 Å². The summed E-state index contributed by atoms with van der Waals surface area (Å²) in [5, 5.41) is 11.0. The molecule has 0 spiro atoms. The van der Waals surface area contributed by atoms with E-state index in [1.54, 1.807) is 19.1 Å². The van der Waals surface area contributed by atoms with E-state index in [2.05, 4.69) is 5.32 Å².